The number of esters is 1. The fourth-order valence-corrected chi connectivity index (χ4v) is 3.16. The summed E-state index contributed by atoms with van der Waals surface area (Å²) in [6.07, 6.45) is 2.51. The van der Waals surface area contributed by atoms with E-state index < -0.39 is 11.5 Å². The fraction of sp³-hybridized carbons (Fsp3) is 0.769. The van der Waals surface area contributed by atoms with Gasteiger partial charge in [-0.3, -0.25) is 14.5 Å². The van der Waals surface area contributed by atoms with Crippen molar-refractivity contribution < 1.29 is 19.1 Å². The number of likely N-dealkylation sites (N-methyl/N-ethyl adjacent to an activating group) is 1. The molecular weight excluding hydrogens is 248 g/mol. The number of methoxy groups -OCH3 is 1. The predicted octanol–water partition coefficient (Wildman–Crippen LogP) is -0.467. The summed E-state index contributed by atoms with van der Waals surface area (Å²) in [5, 5.41) is 3.01. The molecule has 2 saturated carbocycles. The fourth-order valence-electron chi connectivity index (χ4n) is 3.16. The molecule has 0 bridgehead atoms. The van der Waals surface area contributed by atoms with Crippen molar-refractivity contribution in [3.05, 3.63) is 0 Å². The number of imide groups is 1. The van der Waals surface area contributed by atoms with Crippen LogP contribution in [0.3, 0.4) is 0 Å². The first-order valence-electron chi connectivity index (χ1n) is 6.67. The molecule has 104 valence electrons. The van der Waals surface area contributed by atoms with Gasteiger partial charge in [0.2, 0.25) is 11.8 Å². The Bertz CT molecular complexity index is 440. The number of amides is 2. The van der Waals surface area contributed by atoms with Crippen LogP contribution in [0.2, 0.25) is 0 Å². The zero-order valence-corrected chi connectivity index (χ0v) is 11.1. The van der Waals surface area contributed by atoms with Gasteiger partial charge in [0.1, 0.15) is 5.54 Å². The lowest BCUT2D eigenvalue weighted by atomic mass is 9.92. The van der Waals surface area contributed by atoms with Gasteiger partial charge in [0.15, 0.2) is 0 Å². The van der Waals surface area contributed by atoms with Crippen molar-refractivity contribution in [3.63, 3.8) is 0 Å². The third kappa shape index (κ3) is 1.69. The van der Waals surface area contributed by atoms with Crippen molar-refractivity contribution >= 4 is 17.8 Å². The van der Waals surface area contributed by atoms with Crippen molar-refractivity contribution in [3.8, 4) is 0 Å². The largest absolute Gasteiger partial charge is 0.468 e. The average Bonchev–Trinajstić information content (AvgIpc) is 3.28. The monoisotopic (exact) mass is 266 g/mol. The second-order valence-electron chi connectivity index (χ2n) is 5.70. The number of likely N-dealkylation sites (tertiary alicyclic amines) is 1. The van der Waals surface area contributed by atoms with Gasteiger partial charge in [0.05, 0.1) is 25.5 Å². The lowest BCUT2D eigenvalue weighted by Crippen LogP contribution is -2.61. The summed E-state index contributed by atoms with van der Waals surface area (Å²) in [6.45, 7) is 0.103. The summed E-state index contributed by atoms with van der Waals surface area (Å²) in [5.74, 6) is -0.752. The number of rotatable bonds is 5. The SMILES string of the molecule is CNC(CN1C(=O)C2CC2C1=O)(C(=O)OC)C1CC1. The molecule has 0 aromatic heterocycles. The minimum Gasteiger partial charge on any atom is -0.468 e. The first kappa shape index (κ1) is 12.6. The highest BCUT2D eigenvalue weighted by Gasteiger charge is 2.62. The highest BCUT2D eigenvalue weighted by Crippen LogP contribution is 2.49. The van der Waals surface area contributed by atoms with Crippen LogP contribution < -0.4 is 5.32 Å². The van der Waals surface area contributed by atoms with Gasteiger partial charge in [0, 0.05) is 0 Å². The summed E-state index contributed by atoms with van der Waals surface area (Å²) in [4.78, 5) is 37.4. The van der Waals surface area contributed by atoms with Crippen LogP contribution >= 0.6 is 0 Å². The van der Waals surface area contributed by atoms with E-state index in [0.717, 1.165) is 12.8 Å². The maximum atomic E-state index is 12.1. The summed E-state index contributed by atoms with van der Waals surface area (Å²) in [5.41, 5.74) is -0.934. The molecule has 1 aliphatic heterocycles. The molecule has 1 saturated heterocycles. The van der Waals surface area contributed by atoms with Gasteiger partial charge in [-0.25, -0.2) is 4.79 Å². The summed E-state index contributed by atoms with van der Waals surface area (Å²) >= 11 is 0. The lowest BCUT2D eigenvalue weighted by Gasteiger charge is -2.34. The molecule has 1 heterocycles. The Morgan fingerprint density at radius 1 is 1.37 bits per heavy atom. The van der Waals surface area contributed by atoms with Crippen LogP contribution in [0.5, 0.6) is 0 Å². The number of fused-ring (bicyclic) bond motifs is 1. The third-order valence-electron chi connectivity index (χ3n) is 4.63. The van der Waals surface area contributed by atoms with E-state index in [2.05, 4.69) is 5.32 Å². The molecule has 0 aromatic carbocycles. The lowest BCUT2D eigenvalue weighted by molar-refractivity contribution is -0.153. The molecule has 2 aliphatic carbocycles. The molecule has 3 rings (SSSR count). The molecule has 3 atom stereocenters. The Labute approximate surface area is 111 Å². The minimum absolute atomic E-state index is 0.103. The Morgan fingerprint density at radius 2 is 1.95 bits per heavy atom. The molecule has 0 aromatic rings. The standard InChI is InChI=1S/C13H18N2O4/c1-14-13(7-3-4-7,12(18)19-2)6-15-10(16)8-5-9(8)11(15)17/h7-9,14H,3-6H2,1-2H3. The van der Waals surface area contributed by atoms with Gasteiger partial charge in [-0.15, -0.1) is 0 Å². The van der Waals surface area contributed by atoms with Crippen LogP contribution in [0.25, 0.3) is 0 Å². The van der Waals surface area contributed by atoms with Crippen LogP contribution in [-0.2, 0) is 19.1 Å². The zero-order chi connectivity index (χ0) is 13.8. The topological polar surface area (TPSA) is 75.7 Å². The quantitative estimate of drug-likeness (QED) is 0.538. The van der Waals surface area contributed by atoms with Gasteiger partial charge in [0.25, 0.3) is 0 Å². The Balaban J connectivity index is 1.83. The number of carbonyl (C=O) groups is 3. The van der Waals surface area contributed by atoms with E-state index in [0.29, 0.717) is 6.42 Å². The van der Waals surface area contributed by atoms with Gasteiger partial charge in [-0.2, -0.15) is 0 Å². The molecule has 6 heteroatoms. The predicted molar refractivity (Wildman–Crippen MR) is 64.8 cm³/mol. The van der Waals surface area contributed by atoms with Crippen LogP contribution in [0.4, 0.5) is 0 Å². The Hall–Kier alpha value is -1.43. The minimum atomic E-state index is -0.934. The number of hydrogen-bond donors (Lipinski definition) is 1. The third-order valence-corrected chi connectivity index (χ3v) is 4.63. The molecule has 2 amide bonds. The molecule has 3 aliphatic rings. The molecule has 0 spiro atoms. The van der Waals surface area contributed by atoms with Gasteiger partial charge in [-0.05, 0) is 32.2 Å². The summed E-state index contributed by atoms with van der Waals surface area (Å²) in [7, 11) is 3.02. The van der Waals surface area contributed by atoms with E-state index in [4.69, 9.17) is 4.74 Å². The van der Waals surface area contributed by atoms with Crippen molar-refractivity contribution in [1.82, 2.24) is 10.2 Å². The maximum absolute atomic E-state index is 12.1. The van der Waals surface area contributed by atoms with Crippen LogP contribution in [0.1, 0.15) is 19.3 Å². The summed E-state index contributed by atoms with van der Waals surface area (Å²) < 4.78 is 4.88. The number of carbonyl (C=O) groups excluding carboxylic acids is 3. The van der Waals surface area contributed by atoms with Crippen LogP contribution in [0, 0.1) is 17.8 Å². The number of nitrogens with one attached hydrogen (secondary N) is 1. The van der Waals surface area contributed by atoms with Crippen molar-refractivity contribution in [2.24, 2.45) is 17.8 Å². The number of piperidine rings is 1. The zero-order valence-electron chi connectivity index (χ0n) is 11.1. The molecule has 3 fully saturated rings. The van der Waals surface area contributed by atoms with Crippen molar-refractivity contribution in [2.45, 2.75) is 24.8 Å². The molecule has 0 radical (unpaired) electrons. The highest BCUT2D eigenvalue weighted by atomic mass is 16.5. The first-order valence-corrected chi connectivity index (χ1v) is 6.67. The molecule has 3 unspecified atom stereocenters. The van der Waals surface area contributed by atoms with Gasteiger partial charge < -0.3 is 10.1 Å². The van der Waals surface area contributed by atoms with Crippen LogP contribution in [0.15, 0.2) is 0 Å². The molecule has 6 nitrogen and oxygen atoms in total. The number of hydrogen-bond acceptors (Lipinski definition) is 5. The second kappa shape index (κ2) is 4.03. The van der Waals surface area contributed by atoms with E-state index in [1.165, 1.54) is 12.0 Å². The second-order valence-corrected chi connectivity index (χ2v) is 5.70. The smallest absolute Gasteiger partial charge is 0.328 e. The van der Waals surface area contributed by atoms with E-state index in [-0.39, 0.29) is 36.1 Å². The van der Waals surface area contributed by atoms with E-state index in [1.54, 1.807) is 7.05 Å². The van der Waals surface area contributed by atoms with Crippen molar-refractivity contribution in [1.29, 1.82) is 0 Å². The molecule has 1 N–H and O–H groups in total. The maximum Gasteiger partial charge on any atom is 0.328 e. The Morgan fingerprint density at radius 3 is 2.37 bits per heavy atom. The van der Waals surface area contributed by atoms with Crippen molar-refractivity contribution in [2.75, 3.05) is 20.7 Å². The Kier molecular flexibility index (Phi) is 2.67. The summed E-state index contributed by atoms with van der Waals surface area (Å²) in [6, 6.07) is 0. The highest BCUT2D eigenvalue weighted by molar-refractivity contribution is 6.09. The molecular formula is C13H18N2O4. The first-order chi connectivity index (χ1) is 9.05. The normalized spacial score (nSPS) is 32.0. The number of ether oxygens (including phenoxy) is 1. The number of nitrogens with zero attached hydrogens (tertiary/aromatic N) is 1. The van der Waals surface area contributed by atoms with E-state index >= 15 is 0 Å². The molecule has 19 heavy (non-hydrogen) atoms. The average molecular weight is 266 g/mol. The van der Waals surface area contributed by atoms with Crippen LogP contribution in [-0.4, -0.2) is 48.9 Å². The van der Waals surface area contributed by atoms with E-state index in [9.17, 15) is 14.4 Å². The van der Waals surface area contributed by atoms with E-state index in [1.807, 2.05) is 0 Å². The van der Waals surface area contributed by atoms with Gasteiger partial charge in [-0.1, -0.05) is 0 Å². The van der Waals surface area contributed by atoms with Gasteiger partial charge >= 0.3 is 5.97 Å².